The van der Waals surface area contributed by atoms with E-state index in [0.29, 0.717) is 45.2 Å². The SMILES string of the molecule is C.C.C=C(NCCC(=C)C(C)(C)C)OC(CNC(=O)OC)CNC(=O)OC.CC=CC(=O)N(CNC(=O)OC)CNC(=O)OC.CC=CC(C(=O)NC)C(=O)NC.CC=CC(CCCCNC(=O)OC)NC(=O)OC.CC=CC(CNC(=O)OC)CNC(=O)OC.CC=CC(CNC(C)=O)CNC(C)=O. The molecule has 13 amide bonds. The largest absolute Gasteiger partial charge is 0.473 e. The molecule has 1 atom stereocenters. The van der Waals surface area contributed by atoms with Crippen LogP contribution in [0.5, 0.6) is 0 Å². The summed E-state index contributed by atoms with van der Waals surface area (Å²) in [5.74, 6) is -1.29. The lowest BCUT2D eigenvalue weighted by Gasteiger charge is -2.24. The highest BCUT2D eigenvalue weighted by Crippen LogP contribution is 2.25. The van der Waals surface area contributed by atoms with Gasteiger partial charge in [-0.05, 0) is 78.4 Å². The van der Waals surface area contributed by atoms with E-state index in [1.54, 1.807) is 32.1 Å². The van der Waals surface area contributed by atoms with Crippen molar-refractivity contribution in [3.63, 3.8) is 0 Å². The van der Waals surface area contributed by atoms with Crippen LogP contribution in [-0.2, 0) is 66.6 Å². The number of allylic oxidation sites excluding steroid dienone is 5. The molecule has 13 N–H and O–H groups in total. The van der Waals surface area contributed by atoms with Crippen molar-refractivity contribution in [3.8, 4) is 0 Å². The van der Waals surface area contributed by atoms with E-state index in [2.05, 4.69) is 141 Å². The molecule has 36 nitrogen and oxygen atoms in total. The highest BCUT2D eigenvalue weighted by atomic mass is 16.6. The van der Waals surface area contributed by atoms with E-state index < -0.39 is 60.8 Å². The van der Waals surface area contributed by atoms with Crippen LogP contribution in [0.1, 0.15) is 110 Å². The average Bonchev–Trinajstić information content (AvgIpc) is 0.930. The highest BCUT2D eigenvalue weighted by Gasteiger charge is 2.22. The topological polar surface area (TPSA) is 465 Å². The number of nitrogens with zero attached hydrogens (tertiary/aromatic N) is 1. The Bertz CT molecular complexity index is 2560. The summed E-state index contributed by atoms with van der Waals surface area (Å²) in [5, 5.41) is 33.4. The van der Waals surface area contributed by atoms with Gasteiger partial charge in [0.25, 0.3) is 0 Å². The summed E-state index contributed by atoms with van der Waals surface area (Å²) in [5.41, 5.74) is 1.16. The van der Waals surface area contributed by atoms with Crippen molar-refractivity contribution in [2.24, 2.45) is 23.2 Å². The van der Waals surface area contributed by atoms with Crippen molar-refractivity contribution < 1.29 is 105 Å². The van der Waals surface area contributed by atoms with Gasteiger partial charge in [-0.2, -0.15) is 0 Å². The standard InChI is InChI=1S/C17H31N3O5.C12H22N2O4.C10H17N3O5.C10H18N2O4.C10H18N2O2.C8H14N2O2.2CH4/c1-12(17(3,4)5)8-9-18-13(2)25-14(10-19-15(21)23-6)11-20-16(22)24-7;1-4-7-10(14-12(16)18-3)8-5-6-9-13-11(15)17-2;1-4-5-8(14)13(6-11-9(15)17-2)7-12-10(16)18-3;1-4-5-8(6-11-9(13)15-2)7-12-10(14)16-3;1-4-5-10(6-11-8(2)13)7-12-9(3)14;1-4-5-6(7(11)9-2)8(12)10-3;;/h14,18H,1-2,8-11H2,3-7H3,(H,19,21)(H,20,22);4,7,10H,5-6,8-9H2,1-3H3,(H,13,15)(H,14,16);4-5H,6-7H2,1-3H3,(H,11,15)(H,12,16);4-5,8H,6-7H2,1-3H3,(H,11,13)(H,12,14);4-5,10H,6-7H2,1-3H3,(H,11,13)(H,12,14);4-6H,1-3H3,(H,9,11)(H,10,12);2*1H4. The molecule has 105 heavy (non-hydrogen) atoms. The van der Waals surface area contributed by atoms with E-state index in [9.17, 15) is 62.3 Å². The fourth-order valence-corrected chi connectivity index (χ4v) is 6.88. The Labute approximate surface area is 622 Å². The molecule has 0 aliphatic carbocycles. The van der Waals surface area contributed by atoms with Gasteiger partial charge in [0.2, 0.25) is 29.5 Å². The maximum atomic E-state index is 11.6. The second kappa shape index (κ2) is 73.1. The summed E-state index contributed by atoms with van der Waals surface area (Å²) in [6.07, 6.45) is 15.8. The molecule has 0 aromatic heterocycles. The van der Waals surface area contributed by atoms with Gasteiger partial charge < -0.3 is 117 Å². The van der Waals surface area contributed by atoms with E-state index >= 15 is 0 Å². The van der Waals surface area contributed by atoms with Crippen molar-refractivity contribution in [2.45, 2.75) is 122 Å². The molecule has 0 aliphatic rings. The first kappa shape index (κ1) is 110. The molecule has 36 heteroatoms. The number of carbonyl (C=O) groups is 13. The predicted molar refractivity (Wildman–Crippen MR) is 402 cm³/mol. The Hall–Kier alpha value is -10.7. The first-order valence-corrected chi connectivity index (χ1v) is 32.3. The minimum absolute atomic E-state index is 0. The zero-order valence-corrected chi connectivity index (χ0v) is 63.9. The number of rotatable bonds is 35. The molecule has 0 radical (unpaired) electrons. The van der Waals surface area contributed by atoms with Crippen LogP contribution in [0, 0.1) is 23.2 Å². The second-order valence-corrected chi connectivity index (χ2v) is 21.6. The maximum Gasteiger partial charge on any atom is 0.408 e. The Kier molecular flexibility index (Phi) is 76.7. The number of hydrogen-bond acceptors (Lipinski definition) is 23. The quantitative estimate of drug-likeness (QED) is 0.00634. The molecule has 0 fully saturated rings. The zero-order chi connectivity index (χ0) is 80.2. The summed E-state index contributed by atoms with van der Waals surface area (Å²) in [4.78, 5) is 144. The molecular formula is C69H128N14O22. The van der Waals surface area contributed by atoms with E-state index in [1.165, 1.54) is 95.8 Å². The van der Waals surface area contributed by atoms with Crippen molar-refractivity contribution in [1.29, 1.82) is 0 Å². The van der Waals surface area contributed by atoms with Crippen molar-refractivity contribution in [3.05, 3.63) is 85.4 Å². The van der Waals surface area contributed by atoms with Gasteiger partial charge in [-0.15, -0.1) is 0 Å². The lowest BCUT2D eigenvalue weighted by Crippen LogP contribution is -2.46. The monoisotopic (exact) mass is 1500 g/mol. The summed E-state index contributed by atoms with van der Waals surface area (Å²) >= 11 is 0. The summed E-state index contributed by atoms with van der Waals surface area (Å²) in [6, 6.07) is -0.0411. The first-order valence-electron chi connectivity index (χ1n) is 32.3. The van der Waals surface area contributed by atoms with Gasteiger partial charge in [0, 0.05) is 79.0 Å². The molecule has 606 valence electrons. The molecule has 0 aromatic rings. The number of unbranched alkanes of at least 4 members (excludes halogenated alkanes) is 1. The van der Waals surface area contributed by atoms with Crippen molar-refractivity contribution in [2.75, 3.05) is 137 Å². The molecule has 0 bridgehead atoms. The lowest BCUT2D eigenvalue weighted by molar-refractivity contribution is -0.133. The third-order valence-corrected chi connectivity index (χ3v) is 12.6. The van der Waals surface area contributed by atoms with E-state index in [0.717, 1.165) is 31.3 Å². The number of methoxy groups -OCH3 is 8. The summed E-state index contributed by atoms with van der Waals surface area (Å²) < 4.78 is 41.3. The summed E-state index contributed by atoms with van der Waals surface area (Å²) in [7, 11) is 13.2. The molecule has 1 unspecified atom stereocenters. The van der Waals surface area contributed by atoms with Gasteiger partial charge in [0.1, 0.15) is 12.0 Å². The van der Waals surface area contributed by atoms with E-state index in [1.807, 2.05) is 57.2 Å². The van der Waals surface area contributed by atoms with Gasteiger partial charge >= 0.3 is 48.7 Å². The smallest absolute Gasteiger partial charge is 0.408 e. The minimum Gasteiger partial charge on any atom is -0.473 e. The fraction of sp³-hybridized carbons (Fsp3) is 0.609. The first-order chi connectivity index (χ1) is 48.6. The van der Waals surface area contributed by atoms with Crippen LogP contribution in [0.15, 0.2) is 85.4 Å². The van der Waals surface area contributed by atoms with Crippen LogP contribution in [0.3, 0.4) is 0 Å². The minimum atomic E-state index is -0.718. The third kappa shape index (κ3) is 71.5. The summed E-state index contributed by atoms with van der Waals surface area (Å²) in [6.45, 7) is 29.4. The van der Waals surface area contributed by atoms with E-state index in [-0.39, 0.29) is 94.1 Å². The number of carbonyl (C=O) groups excluding carboxylic acids is 13. The van der Waals surface area contributed by atoms with Crippen LogP contribution in [0.4, 0.5) is 38.4 Å². The van der Waals surface area contributed by atoms with Crippen molar-refractivity contribution >= 4 is 78.3 Å². The van der Waals surface area contributed by atoms with Gasteiger partial charge in [-0.3, -0.25) is 24.0 Å². The van der Waals surface area contributed by atoms with Crippen molar-refractivity contribution in [1.82, 2.24) is 74.0 Å². The zero-order valence-electron chi connectivity index (χ0n) is 63.9. The predicted octanol–water partition coefficient (Wildman–Crippen LogP) is 6.25. The number of alkyl carbamates (subject to hydrolysis) is 8. The highest BCUT2D eigenvalue weighted by molar-refractivity contribution is 6.02. The van der Waals surface area contributed by atoms with Gasteiger partial charge in [0.05, 0.1) is 89.3 Å². The number of ether oxygens (including phenoxy) is 9. The molecule has 0 heterocycles. The van der Waals surface area contributed by atoms with Crippen LogP contribution >= 0.6 is 0 Å². The Balaban J connectivity index is -0.000000181. The molecular weight excluding hydrogens is 1380 g/mol. The normalized spacial score (nSPS) is 10.4. The molecule has 0 aromatic carbocycles. The van der Waals surface area contributed by atoms with Crippen LogP contribution < -0.4 is 69.1 Å². The van der Waals surface area contributed by atoms with Crippen LogP contribution in [0.25, 0.3) is 0 Å². The molecule has 0 saturated heterocycles. The van der Waals surface area contributed by atoms with Gasteiger partial charge in [0.15, 0.2) is 5.88 Å². The Morgan fingerprint density at radius 2 is 0.781 bits per heavy atom. The second-order valence-electron chi connectivity index (χ2n) is 21.6. The van der Waals surface area contributed by atoms with E-state index in [4.69, 9.17) is 4.74 Å². The third-order valence-electron chi connectivity index (χ3n) is 12.6. The van der Waals surface area contributed by atoms with Gasteiger partial charge in [-0.25, -0.2) is 38.4 Å². The molecule has 0 spiro atoms. The number of hydrogen-bond donors (Lipinski definition) is 13. The average molecular weight is 1510 g/mol. The fourth-order valence-electron chi connectivity index (χ4n) is 6.88. The lowest BCUT2D eigenvalue weighted by atomic mass is 9.86. The molecule has 0 aliphatic heterocycles. The Morgan fingerprint density at radius 1 is 0.429 bits per heavy atom. The van der Waals surface area contributed by atoms with Gasteiger partial charge in [-0.1, -0.05) is 102 Å². The van der Waals surface area contributed by atoms with Crippen LogP contribution in [0.2, 0.25) is 0 Å². The maximum absolute atomic E-state index is 11.6. The number of nitrogens with one attached hydrogen (secondary N) is 13. The molecule has 0 rings (SSSR count). The number of amides is 13. The Morgan fingerprint density at radius 3 is 1.11 bits per heavy atom. The molecule has 0 saturated carbocycles. The van der Waals surface area contributed by atoms with Crippen LogP contribution in [-0.4, -0.2) is 232 Å².